The lowest BCUT2D eigenvalue weighted by Crippen LogP contribution is -2.44. The first kappa shape index (κ1) is 14.9. The molecule has 0 bridgehead atoms. The number of nitrogens with two attached hydrogens (primary N) is 1. The van der Waals surface area contributed by atoms with Crippen LogP contribution in [0.15, 0.2) is 16.0 Å². The fourth-order valence-corrected chi connectivity index (χ4v) is 3.26. The zero-order chi connectivity index (χ0) is 14.5. The fraction of sp³-hybridized carbons (Fsp3) is 0.615. The van der Waals surface area contributed by atoms with E-state index in [9.17, 15) is 9.59 Å². The van der Waals surface area contributed by atoms with E-state index in [1.807, 2.05) is 4.90 Å². The lowest BCUT2D eigenvalue weighted by molar-refractivity contribution is -0.132. The summed E-state index contributed by atoms with van der Waals surface area (Å²) in [6, 6.07) is 1.58. The smallest absolute Gasteiger partial charge is 0.253 e. The van der Waals surface area contributed by atoms with Gasteiger partial charge in [0.2, 0.25) is 5.91 Å². The number of piperidine rings is 1. The lowest BCUT2D eigenvalue weighted by Gasteiger charge is -2.35. The Morgan fingerprint density at radius 2 is 2.40 bits per heavy atom. The highest BCUT2D eigenvalue weighted by molar-refractivity contribution is 7.99. The number of nitrogens with zero attached hydrogens (tertiary/aromatic N) is 2. The van der Waals surface area contributed by atoms with Crippen molar-refractivity contribution in [2.24, 2.45) is 0 Å². The number of nitrogen functional groups attached to an aromatic ring is 1. The number of nitrogens with one attached hydrogen (secondary N) is 1. The van der Waals surface area contributed by atoms with E-state index >= 15 is 0 Å². The molecule has 1 saturated heterocycles. The average molecular weight is 296 g/mol. The van der Waals surface area contributed by atoms with Crippen LogP contribution in [-0.4, -0.2) is 39.1 Å². The first-order valence-electron chi connectivity index (χ1n) is 6.89. The van der Waals surface area contributed by atoms with Crippen LogP contribution in [0.2, 0.25) is 0 Å². The zero-order valence-electron chi connectivity index (χ0n) is 11.6. The highest BCUT2D eigenvalue weighted by atomic mass is 32.2. The van der Waals surface area contributed by atoms with Crippen molar-refractivity contribution in [3.63, 3.8) is 0 Å². The van der Waals surface area contributed by atoms with Gasteiger partial charge in [0.25, 0.3) is 5.56 Å². The molecule has 20 heavy (non-hydrogen) atoms. The molecular formula is C13H20N4O2S. The fourth-order valence-electron chi connectivity index (χ4n) is 2.49. The van der Waals surface area contributed by atoms with Crippen molar-refractivity contribution >= 4 is 23.5 Å². The van der Waals surface area contributed by atoms with Crippen LogP contribution in [0.25, 0.3) is 0 Å². The van der Waals surface area contributed by atoms with E-state index in [1.165, 1.54) is 24.2 Å². The van der Waals surface area contributed by atoms with Gasteiger partial charge in [-0.2, -0.15) is 0 Å². The summed E-state index contributed by atoms with van der Waals surface area (Å²) < 4.78 is 0. The number of carbonyl (C=O) groups is 1. The third-order valence-corrected chi connectivity index (χ3v) is 4.35. The molecule has 1 fully saturated rings. The van der Waals surface area contributed by atoms with Crippen LogP contribution in [0.3, 0.4) is 0 Å². The molecule has 0 aromatic carbocycles. The molecular weight excluding hydrogens is 276 g/mol. The van der Waals surface area contributed by atoms with Crippen molar-refractivity contribution in [1.29, 1.82) is 0 Å². The summed E-state index contributed by atoms with van der Waals surface area (Å²) in [4.78, 5) is 32.1. The molecule has 0 aliphatic carbocycles. The molecule has 1 aromatic heterocycles. The molecule has 2 rings (SSSR count). The third kappa shape index (κ3) is 3.75. The van der Waals surface area contributed by atoms with Gasteiger partial charge in [0.15, 0.2) is 5.16 Å². The number of likely N-dealkylation sites (tertiary alicyclic amines) is 1. The molecule has 0 saturated carbocycles. The molecule has 1 aliphatic rings. The van der Waals surface area contributed by atoms with Gasteiger partial charge < -0.3 is 15.6 Å². The molecule has 1 aromatic rings. The Hall–Kier alpha value is -1.50. The van der Waals surface area contributed by atoms with Gasteiger partial charge in [-0.15, -0.1) is 0 Å². The number of thioether (sulfide) groups is 1. The maximum Gasteiger partial charge on any atom is 0.253 e. The monoisotopic (exact) mass is 296 g/mol. The SMILES string of the molecule is CC[C@@H]1CCCCN1C(=O)CSc1nc(N)cc(=O)[nH]1. The van der Waals surface area contributed by atoms with Gasteiger partial charge in [-0.05, 0) is 25.7 Å². The van der Waals surface area contributed by atoms with Gasteiger partial charge in [-0.25, -0.2) is 4.98 Å². The number of H-pyrrole nitrogens is 1. The quantitative estimate of drug-likeness (QED) is 0.644. The van der Waals surface area contributed by atoms with Crippen LogP contribution in [0.1, 0.15) is 32.6 Å². The second-order valence-electron chi connectivity index (χ2n) is 4.91. The second kappa shape index (κ2) is 6.78. The molecule has 2 heterocycles. The predicted molar refractivity (Wildman–Crippen MR) is 79.6 cm³/mol. The Morgan fingerprint density at radius 3 is 3.10 bits per heavy atom. The Kier molecular flexibility index (Phi) is 5.05. The molecule has 110 valence electrons. The van der Waals surface area contributed by atoms with Crippen molar-refractivity contribution in [3.05, 3.63) is 16.4 Å². The van der Waals surface area contributed by atoms with Gasteiger partial charge in [0, 0.05) is 18.7 Å². The van der Waals surface area contributed by atoms with E-state index in [-0.39, 0.29) is 23.0 Å². The van der Waals surface area contributed by atoms with Crippen LogP contribution >= 0.6 is 11.8 Å². The van der Waals surface area contributed by atoms with E-state index in [0.717, 1.165) is 25.8 Å². The largest absolute Gasteiger partial charge is 0.383 e. The lowest BCUT2D eigenvalue weighted by atomic mass is 10.0. The minimum atomic E-state index is -0.295. The summed E-state index contributed by atoms with van der Waals surface area (Å²) in [5.41, 5.74) is 5.22. The first-order valence-corrected chi connectivity index (χ1v) is 7.88. The molecule has 1 atom stereocenters. The van der Waals surface area contributed by atoms with Crippen molar-refractivity contribution in [2.75, 3.05) is 18.0 Å². The number of aromatic nitrogens is 2. The first-order chi connectivity index (χ1) is 9.60. The second-order valence-corrected chi connectivity index (χ2v) is 5.87. The number of carbonyl (C=O) groups excluding carboxylic acids is 1. The minimum absolute atomic E-state index is 0.103. The van der Waals surface area contributed by atoms with Gasteiger partial charge in [-0.1, -0.05) is 18.7 Å². The van der Waals surface area contributed by atoms with Crippen LogP contribution < -0.4 is 11.3 Å². The highest BCUT2D eigenvalue weighted by Gasteiger charge is 2.25. The van der Waals surface area contributed by atoms with Crippen molar-refractivity contribution in [2.45, 2.75) is 43.8 Å². The molecule has 3 N–H and O–H groups in total. The van der Waals surface area contributed by atoms with Gasteiger partial charge in [0.1, 0.15) is 5.82 Å². The third-order valence-electron chi connectivity index (χ3n) is 3.49. The zero-order valence-corrected chi connectivity index (χ0v) is 12.4. The molecule has 0 radical (unpaired) electrons. The van der Waals surface area contributed by atoms with Crippen molar-refractivity contribution in [1.82, 2.24) is 14.9 Å². The molecule has 1 amide bonds. The maximum absolute atomic E-state index is 12.3. The number of anilines is 1. The maximum atomic E-state index is 12.3. The van der Waals surface area contributed by atoms with E-state index in [1.54, 1.807) is 0 Å². The molecule has 7 heteroatoms. The van der Waals surface area contributed by atoms with E-state index in [4.69, 9.17) is 5.73 Å². The Labute approximate surface area is 122 Å². The summed E-state index contributed by atoms with van der Waals surface area (Å²) in [7, 11) is 0. The normalized spacial score (nSPS) is 19.1. The Bertz CT molecular complexity index is 531. The number of hydrogen-bond donors (Lipinski definition) is 2. The summed E-state index contributed by atoms with van der Waals surface area (Å²) in [6.07, 6.45) is 4.34. The van der Waals surface area contributed by atoms with Crippen LogP contribution in [-0.2, 0) is 4.79 Å². The average Bonchev–Trinajstić information content (AvgIpc) is 2.43. The van der Waals surface area contributed by atoms with Crippen LogP contribution in [0.4, 0.5) is 5.82 Å². The number of hydrogen-bond acceptors (Lipinski definition) is 5. The summed E-state index contributed by atoms with van der Waals surface area (Å²) >= 11 is 1.23. The summed E-state index contributed by atoms with van der Waals surface area (Å²) in [5, 5.41) is 0.397. The summed E-state index contributed by atoms with van der Waals surface area (Å²) in [6.45, 7) is 2.94. The minimum Gasteiger partial charge on any atom is -0.383 e. The molecule has 6 nitrogen and oxygen atoms in total. The number of aromatic amines is 1. The highest BCUT2D eigenvalue weighted by Crippen LogP contribution is 2.21. The Morgan fingerprint density at radius 1 is 1.60 bits per heavy atom. The Balaban J connectivity index is 1.95. The van der Waals surface area contributed by atoms with Gasteiger partial charge >= 0.3 is 0 Å². The topological polar surface area (TPSA) is 92.1 Å². The summed E-state index contributed by atoms with van der Waals surface area (Å²) in [5.74, 6) is 0.558. The van der Waals surface area contributed by atoms with Crippen LogP contribution in [0.5, 0.6) is 0 Å². The predicted octanol–water partition coefficient (Wildman–Crippen LogP) is 1.24. The van der Waals surface area contributed by atoms with E-state index in [0.29, 0.717) is 11.2 Å². The molecule has 0 spiro atoms. The van der Waals surface area contributed by atoms with Gasteiger partial charge in [-0.3, -0.25) is 9.59 Å². The number of amides is 1. The van der Waals surface area contributed by atoms with E-state index < -0.39 is 0 Å². The number of rotatable bonds is 4. The molecule has 1 aliphatic heterocycles. The van der Waals surface area contributed by atoms with Gasteiger partial charge in [0.05, 0.1) is 5.75 Å². The van der Waals surface area contributed by atoms with Crippen molar-refractivity contribution < 1.29 is 4.79 Å². The van der Waals surface area contributed by atoms with Crippen LogP contribution in [0, 0.1) is 0 Å². The van der Waals surface area contributed by atoms with Crippen molar-refractivity contribution in [3.8, 4) is 0 Å². The van der Waals surface area contributed by atoms with E-state index in [2.05, 4.69) is 16.9 Å². The standard InChI is InChI=1S/C13H20N4O2S/c1-2-9-5-3-4-6-17(9)12(19)8-20-13-15-10(14)7-11(18)16-13/h7,9H,2-6,8H2,1H3,(H3,14,15,16,18)/t9-/m1/s1. The molecule has 0 unspecified atom stereocenters.